The monoisotopic (exact) mass is 312 g/mol. The van der Waals surface area contributed by atoms with Crippen molar-refractivity contribution in [1.29, 1.82) is 0 Å². The van der Waals surface area contributed by atoms with Gasteiger partial charge in [-0.3, -0.25) is 4.68 Å². The van der Waals surface area contributed by atoms with E-state index in [1.54, 1.807) is 24.3 Å². The first-order valence-corrected chi connectivity index (χ1v) is 7.77. The molecule has 0 aliphatic rings. The number of halogens is 2. The van der Waals surface area contributed by atoms with E-state index in [0.717, 1.165) is 41.9 Å². The highest BCUT2D eigenvalue weighted by molar-refractivity contribution is 5.68. The van der Waals surface area contributed by atoms with E-state index in [0.29, 0.717) is 0 Å². The predicted molar refractivity (Wildman–Crippen MR) is 87.9 cm³/mol. The first-order chi connectivity index (χ1) is 11.2. The molecule has 118 valence electrons. The molecule has 2 nitrogen and oxygen atoms in total. The molecule has 0 spiro atoms. The van der Waals surface area contributed by atoms with Crippen LogP contribution in [0.15, 0.2) is 54.6 Å². The van der Waals surface area contributed by atoms with Gasteiger partial charge in [0.15, 0.2) is 0 Å². The largest absolute Gasteiger partial charge is 0.264 e. The molecule has 0 saturated heterocycles. The van der Waals surface area contributed by atoms with Crippen molar-refractivity contribution in [1.82, 2.24) is 9.78 Å². The normalized spacial score (nSPS) is 10.9. The number of rotatable bonds is 5. The molecule has 0 unspecified atom stereocenters. The van der Waals surface area contributed by atoms with Crippen LogP contribution in [0.1, 0.15) is 19.8 Å². The average Bonchev–Trinajstić information content (AvgIpc) is 2.98. The summed E-state index contributed by atoms with van der Waals surface area (Å²) >= 11 is 0. The first-order valence-electron chi connectivity index (χ1n) is 7.77. The Hall–Kier alpha value is -2.49. The van der Waals surface area contributed by atoms with E-state index in [4.69, 9.17) is 0 Å². The third kappa shape index (κ3) is 3.47. The van der Waals surface area contributed by atoms with Crippen LogP contribution in [0.2, 0.25) is 0 Å². The third-order valence-electron chi connectivity index (χ3n) is 3.78. The van der Waals surface area contributed by atoms with Crippen molar-refractivity contribution in [3.8, 4) is 22.5 Å². The van der Waals surface area contributed by atoms with Gasteiger partial charge in [-0.2, -0.15) is 5.10 Å². The maximum Gasteiger partial charge on any atom is 0.123 e. The Balaban J connectivity index is 2.02. The van der Waals surface area contributed by atoms with Gasteiger partial charge < -0.3 is 0 Å². The minimum atomic E-state index is -0.266. The summed E-state index contributed by atoms with van der Waals surface area (Å²) in [4.78, 5) is 0. The fourth-order valence-corrected chi connectivity index (χ4v) is 2.51. The molecule has 4 heteroatoms. The van der Waals surface area contributed by atoms with E-state index in [-0.39, 0.29) is 11.6 Å². The molecule has 1 aromatic heterocycles. The lowest BCUT2D eigenvalue weighted by Gasteiger charge is -2.06. The van der Waals surface area contributed by atoms with Crippen LogP contribution in [0.25, 0.3) is 22.5 Å². The number of hydrogen-bond donors (Lipinski definition) is 0. The van der Waals surface area contributed by atoms with Crippen LogP contribution in [0, 0.1) is 11.6 Å². The van der Waals surface area contributed by atoms with E-state index in [1.807, 2.05) is 10.7 Å². The van der Waals surface area contributed by atoms with Gasteiger partial charge in [0.1, 0.15) is 11.6 Å². The van der Waals surface area contributed by atoms with Gasteiger partial charge in [0, 0.05) is 17.7 Å². The van der Waals surface area contributed by atoms with Gasteiger partial charge in [-0.25, -0.2) is 8.78 Å². The zero-order chi connectivity index (χ0) is 16.2. The summed E-state index contributed by atoms with van der Waals surface area (Å²) in [6.07, 6.45) is 2.08. The Bertz CT molecular complexity index is 774. The fraction of sp³-hybridized carbons (Fsp3) is 0.211. The molecule has 0 amide bonds. The molecule has 0 radical (unpaired) electrons. The molecule has 0 saturated carbocycles. The van der Waals surface area contributed by atoms with Crippen LogP contribution in [0.5, 0.6) is 0 Å². The van der Waals surface area contributed by atoms with Crippen molar-refractivity contribution in [3.05, 3.63) is 66.2 Å². The average molecular weight is 312 g/mol. The summed E-state index contributed by atoms with van der Waals surface area (Å²) in [6.45, 7) is 2.92. The van der Waals surface area contributed by atoms with Gasteiger partial charge in [-0.05, 0) is 61.0 Å². The van der Waals surface area contributed by atoms with E-state index in [1.165, 1.54) is 24.3 Å². The summed E-state index contributed by atoms with van der Waals surface area (Å²) < 4.78 is 28.2. The zero-order valence-electron chi connectivity index (χ0n) is 13.0. The van der Waals surface area contributed by atoms with Crippen LogP contribution >= 0.6 is 0 Å². The number of unbranched alkanes of at least 4 members (excludes halogenated alkanes) is 1. The van der Waals surface area contributed by atoms with Gasteiger partial charge >= 0.3 is 0 Å². The molecule has 0 N–H and O–H groups in total. The molecule has 0 atom stereocenters. The first kappa shape index (κ1) is 15.4. The predicted octanol–water partition coefficient (Wildman–Crippen LogP) is 5.30. The molecule has 3 aromatic rings. The Morgan fingerprint density at radius 2 is 1.43 bits per heavy atom. The van der Waals surface area contributed by atoms with E-state index >= 15 is 0 Å². The highest BCUT2D eigenvalue weighted by Gasteiger charge is 2.11. The number of benzene rings is 2. The van der Waals surface area contributed by atoms with E-state index in [9.17, 15) is 8.78 Å². The molecule has 0 bridgehead atoms. The Kier molecular flexibility index (Phi) is 4.51. The Morgan fingerprint density at radius 3 is 2.00 bits per heavy atom. The second kappa shape index (κ2) is 6.73. The van der Waals surface area contributed by atoms with Crippen molar-refractivity contribution < 1.29 is 8.78 Å². The van der Waals surface area contributed by atoms with Crippen molar-refractivity contribution in [3.63, 3.8) is 0 Å². The summed E-state index contributed by atoms with van der Waals surface area (Å²) in [7, 11) is 0. The standard InChI is InChI=1S/C19H18F2N2/c1-2-3-12-23-19(15-6-10-17(21)11-7-15)13-18(22-23)14-4-8-16(20)9-5-14/h4-11,13H,2-3,12H2,1H3. The van der Waals surface area contributed by atoms with Crippen LogP contribution in [-0.2, 0) is 6.54 Å². The maximum atomic E-state index is 13.2. The minimum absolute atomic E-state index is 0.257. The molecule has 1 heterocycles. The maximum absolute atomic E-state index is 13.2. The molecule has 0 aliphatic heterocycles. The molecule has 23 heavy (non-hydrogen) atoms. The van der Waals surface area contributed by atoms with Crippen LogP contribution < -0.4 is 0 Å². The summed E-state index contributed by atoms with van der Waals surface area (Å²) in [5.74, 6) is -0.523. The second-order valence-corrected chi connectivity index (χ2v) is 5.51. The number of nitrogens with zero attached hydrogens (tertiary/aromatic N) is 2. The lowest BCUT2D eigenvalue weighted by molar-refractivity contribution is 0.578. The van der Waals surface area contributed by atoms with Crippen molar-refractivity contribution in [2.24, 2.45) is 0 Å². The lowest BCUT2D eigenvalue weighted by Crippen LogP contribution is -2.02. The number of hydrogen-bond acceptors (Lipinski definition) is 1. The molecular weight excluding hydrogens is 294 g/mol. The summed E-state index contributed by atoms with van der Waals surface area (Å²) in [6, 6.07) is 14.7. The molecule has 2 aromatic carbocycles. The fourth-order valence-electron chi connectivity index (χ4n) is 2.51. The highest BCUT2D eigenvalue weighted by Crippen LogP contribution is 2.27. The topological polar surface area (TPSA) is 17.8 Å². The zero-order valence-corrected chi connectivity index (χ0v) is 13.0. The van der Waals surface area contributed by atoms with E-state index in [2.05, 4.69) is 12.0 Å². The van der Waals surface area contributed by atoms with Crippen LogP contribution in [0.3, 0.4) is 0 Å². The summed E-state index contributed by atoms with van der Waals surface area (Å²) in [5, 5.41) is 4.65. The van der Waals surface area contributed by atoms with Gasteiger partial charge in [0.25, 0.3) is 0 Å². The highest BCUT2D eigenvalue weighted by atomic mass is 19.1. The number of aromatic nitrogens is 2. The molecule has 0 aliphatic carbocycles. The SMILES string of the molecule is CCCCn1nc(-c2ccc(F)cc2)cc1-c1ccc(F)cc1. The molecule has 0 fully saturated rings. The number of aryl methyl sites for hydroxylation is 1. The molecular formula is C19H18F2N2. The quantitative estimate of drug-likeness (QED) is 0.625. The van der Waals surface area contributed by atoms with Crippen molar-refractivity contribution in [2.75, 3.05) is 0 Å². The van der Waals surface area contributed by atoms with Gasteiger partial charge in [-0.15, -0.1) is 0 Å². The smallest absolute Gasteiger partial charge is 0.123 e. The van der Waals surface area contributed by atoms with E-state index < -0.39 is 0 Å². The Morgan fingerprint density at radius 1 is 0.870 bits per heavy atom. The van der Waals surface area contributed by atoms with Gasteiger partial charge in [-0.1, -0.05) is 13.3 Å². The minimum Gasteiger partial charge on any atom is -0.264 e. The lowest BCUT2D eigenvalue weighted by atomic mass is 10.1. The van der Waals surface area contributed by atoms with Crippen LogP contribution in [-0.4, -0.2) is 9.78 Å². The van der Waals surface area contributed by atoms with Crippen molar-refractivity contribution >= 4 is 0 Å². The van der Waals surface area contributed by atoms with Gasteiger partial charge in [0.2, 0.25) is 0 Å². The third-order valence-corrected chi connectivity index (χ3v) is 3.78. The summed E-state index contributed by atoms with van der Waals surface area (Å²) in [5.41, 5.74) is 3.52. The van der Waals surface area contributed by atoms with Crippen molar-refractivity contribution in [2.45, 2.75) is 26.3 Å². The van der Waals surface area contributed by atoms with Crippen LogP contribution in [0.4, 0.5) is 8.78 Å². The second-order valence-electron chi connectivity index (χ2n) is 5.51. The molecule has 3 rings (SSSR count). The van der Waals surface area contributed by atoms with Gasteiger partial charge in [0.05, 0.1) is 11.4 Å². The Labute approximate surface area is 134 Å².